The molecule has 5 N–H and O–H groups in total. The lowest BCUT2D eigenvalue weighted by molar-refractivity contribution is 0.252. The first kappa shape index (κ1) is 21.7. The van der Waals surface area contributed by atoms with E-state index in [0.29, 0.717) is 37.3 Å². The maximum atomic E-state index is 12.0. The summed E-state index contributed by atoms with van der Waals surface area (Å²) in [4.78, 5) is 16.0. The van der Waals surface area contributed by atoms with Crippen LogP contribution in [0, 0.1) is 0 Å². The number of carbonyl (C=O) groups excluding carboxylic acids is 1. The third-order valence-corrected chi connectivity index (χ3v) is 6.71. The summed E-state index contributed by atoms with van der Waals surface area (Å²) in [5.41, 5.74) is 8.17. The number of rotatable bonds is 9. The first-order valence-electron chi connectivity index (χ1n) is 9.25. The number of nitrogens with two attached hydrogens (primary N) is 1. The Morgan fingerprint density at radius 2 is 1.93 bits per heavy atom. The van der Waals surface area contributed by atoms with Gasteiger partial charge in [-0.15, -0.1) is 0 Å². The van der Waals surface area contributed by atoms with Crippen molar-refractivity contribution >= 4 is 27.4 Å². The molecule has 1 aromatic carbocycles. The number of anilines is 1. The number of hydrogen-bond acceptors (Lipinski definition) is 5. The van der Waals surface area contributed by atoms with Crippen molar-refractivity contribution < 1.29 is 13.2 Å². The summed E-state index contributed by atoms with van der Waals surface area (Å²) in [7, 11) is -1.53. The van der Waals surface area contributed by atoms with E-state index in [1.165, 1.54) is 6.26 Å². The number of hydrogen-bond donors (Lipinski definition) is 4. The summed E-state index contributed by atoms with van der Waals surface area (Å²) in [6, 6.07) is 7.07. The lowest BCUT2D eigenvalue weighted by Crippen LogP contribution is -2.32. The number of amides is 2. The second-order valence-electron chi connectivity index (χ2n) is 6.89. The van der Waals surface area contributed by atoms with Gasteiger partial charge in [0.15, 0.2) is 9.84 Å². The third-order valence-electron chi connectivity index (χ3n) is 4.66. The van der Waals surface area contributed by atoms with Gasteiger partial charge in [0.05, 0.1) is 6.54 Å². The second-order valence-corrected chi connectivity index (χ2v) is 9.22. The molecule has 1 aliphatic carbocycles. The molecule has 1 fully saturated rings. The van der Waals surface area contributed by atoms with E-state index in [1.54, 1.807) is 25.3 Å². The van der Waals surface area contributed by atoms with Crippen molar-refractivity contribution in [3.63, 3.8) is 0 Å². The average Bonchev–Trinajstić information content (AvgIpc) is 3.45. The zero-order valence-electron chi connectivity index (χ0n) is 16.6. The van der Waals surface area contributed by atoms with Crippen LogP contribution in [0.25, 0.3) is 0 Å². The summed E-state index contributed by atoms with van der Waals surface area (Å²) in [5, 5.41) is 8.45. The third kappa shape index (κ3) is 5.48. The van der Waals surface area contributed by atoms with Crippen LogP contribution < -0.4 is 21.7 Å². The maximum absolute atomic E-state index is 12.0. The highest BCUT2D eigenvalue weighted by atomic mass is 32.2. The zero-order valence-corrected chi connectivity index (χ0v) is 17.4. The molecule has 0 unspecified atom stereocenters. The zero-order chi connectivity index (χ0) is 20.8. The van der Waals surface area contributed by atoms with Crippen molar-refractivity contribution in [2.24, 2.45) is 10.7 Å². The van der Waals surface area contributed by atoms with Gasteiger partial charge in [-0.1, -0.05) is 19.1 Å². The number of benzene rings is 1. The first-order valence-corrected chi connectivity index (χ1v) is 11.1. The van der Waals surface area contributed by atoms with Crippen molar-refractivity contribution in [1.82, 2.24) is 10.6 Å². The predicted octanol–water partition coefficient (Wildman–Crippen LogP) is 1.76. The molecular formula is C19H29N5O3S. The Labute approximate surface area is 166 Å². The van der Waals surface area contributed by atoms with Gasteiger partial charge in [-0.3, -0.25) is 4.99 Å². The van der Waals surface area contributed by atoms with E-state index in [4.69, 9.17) is 5.73 Å². The Kier molecular flexibility index (Phi) is 7.06. The normalized spacial score (nSPS) is 16.4. The molecule has 0 atom stereocenters. The lowest BCUT2D eigenvalue weighted by Gasteiger charge is -2.17. The van der Waals surface area contributed by atoms with Gasteiger partial charge in [0, 0.05) is 37.3 Å². The molecular weight excluding hydrogens is 378 g/mol. The Morgan fingerprint density at radius 3 is 2.43 bits per heavy atom. The lowest BCUT2D eigenvalue weighted by atomic mass is 10.2. The molecule has 8 nitrogen and oxygen atoms in total. The van der Waals surface area contributed by atoms with E-state index in [1.807, 2.05) is 19.1 Å². The van der Waals surface area contributed by atoms with E-state index in [0.717, 1.165) is 12.0 Å². The van der Waals surface area contributed by atoms with Crippen LogP contribution in [-0.4, -0.2) is 44.9 Å². The summed E-state index contributed by atoms with van der Waals surface area (Å²) in [6.45, 7) is 2.97. The molecule has 0 saturated heterocycles. The van der Waals surface area contributed by atoms with Gasteiger partial charge < -0.3 is 21.7 Å². The number of aliphatic imine (C=N–C) groups is 1. The van der Waals surface area contributed by atoms with Gasteiger partial charge in [0.2, 0.25) is 0 Å². The molecule has 9 heteroatoms. The highest BCUT2D eigenvalue weighted by Gasteiger charge is 2.55. The molecule has 0 aliphatic heterocycles. The van der Waals surface area contributed by atoms with E-state index < -0.39 is 14.6 Å². The minimum absolute atomic E-state index is 0.235. The number of sulfone groups is 1. The first-order chi connectivity index (χ1) is 13.2. The Hall–Kier alpha value is -2.55. The Morgan fingerprint density at radius 1 is 1.29 bits per heavy atom. The molecule has 154 valence electrons. The second kappa shape index (κ2) is 9.09. The Balaban J connectivity index is 2.00. The predicted molar refractivity (Wildman–Crippen MR) is 113 cm³/mol. The van der Waals surface area contributed by atoms with Crippen LogP contribution in [0.2, 0.25) is 0 Å². The minimum atomic E-state index is -3.22. The van der Waals surface area contributed by atoms with Crippen LogP contribution in [0.4, 0.5) is 10.5 Å². The standard InChI is InChI=1S/C19H29N5O3S/c1-4-11-22-18(25)24-15-7-5-14(6-8-15)13-23-17(20)12-16(21-2)19(9-10-19)28(3,26)27/h5-8,12,21H,4,9-11,13H2,1-3H3,(H2,20,23)(H2,22,24,25)/b16-12-. The van der Waals surface area contributed by atoms with Crippen molar-refractivity contribution in [3.8, 4) is 0 Å². The van der Waals surface area contributed by atoms with Gasteiger partial charge in [-0.25, -0.2) is 13.2 Å². The van der Waals surface area contributed by atoms with Crippen molar-refractivity contribution in [3.05, 3.63) is 41.6 Å². The largest absolute Gasteiger partial charge is 0.390 e. The van der Waals surface area contributed by atoms with Gasteiger partial charge >= 0.3 is 6.03 Å². The maximum Gasteiger partial charge on any atom is 0.319 e. The Bertz CT molecular complexity index is 856. The molecule has 0 heterocycles. The van der Waals surface area contributed by atoms with Crippen molar-refractivity contribution in [2.75, 3.05) is 25.2 Å². The molecule has 0 spiro atoms. The average molecular weight is 408 g/mol. The molecule has 1 aliphatic rings. The minimum Gasteiger partial charge on any atom is -0.390 e. The van der Waals surface area contributed by atoms with Crippen LogP contribution in [-0.2, 0) is 16.4 Å². The van der Waals surface area contributed by atoms with Gasteiger partial charge in [0.25, 0.3) is 0 Å². The molecule has 2 amide bonds. The number of amidine groups is 1. The van der Waals surface area contributed by atoms with Crippen LogP contribution in [0.15, 0.2) is 41.0 Å². The summed E-state index contributed by atoms with van der Waals surface area (Å²) >= 11 is 0. The highest BCUT2D eigenvalue weighted by molar-refractivity contribution is 7.92. The van der Waals surface area contributed by atoms with Crippen molar-refractivity contribution in [2.45, 2.75) is 37.5 Å². The van der Waals surface area contributed by atoms with Gasteiger partial charge in [-0.2, -0.15) is 0 Å². The van der Waals surface area contributed by atoms with E-state index >= 15 is 0 Å². The van der Waals surface area contributed by atoms with Crippen LogP contribution in [0.1, 0.15) is 31.7 Å². The molecule has 1 aromatic rings. The number of carbonyl (C=O) groups is 1. The molecule has 1 saturated carbocycles. The van der Waals surface area contributed by atoms with E-state index in [9.17, 15) is 13.2 Å². The SMILES string of the molecule is CCCNC(=O)Nc1ccc(C/N=C(N)\C=C(/NC)C2(S(C)(=O)=O)CC2)cc1. The van der Waals surface area contributed by atoms with E-state index in [2.05, 4.69) is 20.9 Å². The molecule has 28 heavy (non-hydrogen) atoms. The quantitative estimate of drug-likeness (QED) is 0.367. The fourth-order valence-corrected chi connectivity index (χ4v) is 4.27. The summed E-state index contributed by atoms with van der Waals surface area (Å²) < 4.78 is 23.2. The molecule has 0 radical (unpaired) electrons. The molecule has 0 bridgehead atoms. The monoisotopic (exact) mass is 407 g/mol. The van der Waals surface area contributed by atoms with Crippen LogP contribution in [0.3, 0.4) is 0 Å². The van der Waals surface area contributed by atoms with Crippen LogP contribution >= 0.6 is 0 Å². The molecule has 0 aromatic heterocycles. The van der Waals surface area contributed by atoms with Gasteiger partial charge in [0.1, 0.15) is 10.6 Å². The number of urea groups is 1. The number of nitrogens with zero attached hydrogens (tertiary/aromatic N) is 1. The van der Waals surface area contributed by atoms with Gasteiger partial charge in [-0.05, 0) is 37.0 Å². The van der Waals surface area contributed by atoms with E-state index in [-0.39, 0.29) is 11.9 Å². The summed E-state index contributed by atoms with van der Waals surface area (Å²) in [5.74, 6) is 0.264. The summed E-state index contributed by atoms with van der Waals surface area (Å²) in [6.07, 6.45) is 4.90. The number of nitrogens with one attached hydrogen (secondary N) is 3. The fraction of sp³-hybridized carbons (Fsp3) is 0.474. The smallest absolute Gasteiger partial charge is 0.319 e. The van der Waals surface area contributed by atoms with Crippen LogP contribution in [0.5, 0.6) is 0 Å². The molecule has 2 rings (SSSR count). The highest BCUT2D eigenvalue weighted by Crippen LogP contribution is 2.47. The van der Waals surface area contributed by atoms with Crippen molar-refractivity contribution in [1.29, 1.82) is 0 Å². The topological polar surface area (TPSA) is 126 Å². The fourth-order valence-electron chi connectivity index (χ4n) is 2.87.